The number of carbonyl (C=O) groups excluding carboxylic acids is 1. The molecule has 1 atom stereocenters. The zero-order valence-electron chi connectivity index (χ0n) is 15.3. The Balaban J connectivity index is 1.69. The van der Waals surface area contributed by atoms with Gasteiger partial charge in [0.15, 0.2) is 0 Å². The van der Waals surface area contributed by atoms with Crippen LogP contribution in [0.5, 0.6) is 0 Å². The van der Waals surface area contributed by atoms with E-state index in [1.54, 1.807) is 18.2 Å². The van der Waals surface area contributed by atoms with Crippen LogP contribution in [0, 0.1) is 0 Å². The highest BCUT2D eigenvalue weighted by Gasteiger charge is 2.38. The lowest BCUT2D eigenvalue weighted by Crippen LogP contribution is -2.31. The molecule has 0 spiro atoms. The maximum Gasteiger partial charge on any atom is 0.329 e. The highest BCUT2D eigenvalue weighted by Crippen LogP contribution is 2.48. The topological polar surface area (TPSA) is 94.5 Å². The third-order valence-electron chi connectivity index (χ3n) is 4.98. The van der Waals surface area contributed by atoms with E-state index in [2.05, 4.69) is 4.72 Å². The Bertz CT molecular complexity index is 1080. The SMILES string of the molecule is COC(=O)[C@@H]1CSc2c(C3CC3)c(CNS(=O)(=O)c3ccccc3)cc(=O)n21. The molecule has 1 aliphatic heterocycles. The molecule has 1 aromatic heterocycles. The molecule has 148 valence electrons. The summed E-state index contributed by atoms with van der Waals surface area (Å²) in [4.78, 5) is 24.9. The van der Waals surface area contributed by atoms with Crippen LogP contribution in [0.25, 0.3) is 0 Å². The third kappa shape index (κ3) is 3.49. The Hall–Kier alpha value is -2.10. The number of esters is 1. The molecule has 1 N–H and O–H groups in total. The second-order valence-corrected chi connectivity index (χ2v) is 9.63. The average Bonchev–Trinajstić information content (AvgIpc) is 3.43. The van der Waals surface area contributed by atoms with Gasteiger partial charge in [-0.15, -0.1) is 11.8 Å². The molecule has 9 heteroatoms. The molecule has 1 aliphatic carbocycles. The molecule has 0 radical (unpaired) electrons. The quantitative estimate of drug-likeness (QED) is 0.719. The van der Waals surface area contributed by atoms with Crippen molar-refractivity contribution in [2.45, 2.75) is 41.3 Å². The van der Waals surface area contributed by atoms with Crippen LogP contribution < -0.4 is 10.3 Å². The standard InChI is InChI=1S/C19H20N2O5S2/c1-26-19(23)15-11-27-18-17(12-7-8-12)13(9-16(22)21(15)18)10-20-28(24,25)14-5-3-2-4-6-14/h2-6,9,12,15,20H,7-8,10-11H2,1H3/t15-/m0/s1. The van der Waals surface area contributed by atoms with Crippen LogP contribution in [0.4, 0.5) is 0 Å². The van der Waals surface area contributed by atoms with Crippen molar-refractivity contribution in [3.05, 3.63) is 57.9 Å². The van der Waals surface area contributed by atoms with Gasteiger partial charge in [-0.25, -0.2) is 17.9 Å². The molecule has 2 aliphatic rings. The average molecular weight is 421 g/mol. The Morgan fingerprint density at radius 1 is 1.29 bits per heavy atom. The Kier molecular flexibility index (Phi) is 5.07. The molecule has 0 amide bonds. The van der Waals surface area contributed by atoms with E-state index in [4.69, 9.17) is 4.74 Å². The fourth-order valence-corrected chi connectivity index (χ4v) is 5.90. The van der Waals surface area contributed by atoms with E-state index in [1.165, 1.54) is 41.6 Å². The first-order valence-electron chi connectivity index (χ1n) is 8.96. The number of carbonyl (C=O) groups is 1. The monoisotopic (exact) mass is 420 g/mol. The Morgan fingerprint density at radius 2 is 2.00 bits per heavy atom. The Labute approximate surface area is 167 Å². The number of pyridine rings is 1. The molecule has 0 saturated heterocycles. The number of methoxy groups -OCH3 is 1. The van der Waals surface area contributed by atoms with Gasteiger partial charge in [-0.05, 0) is 42.0 Å². The number of nitrogens with one attached hydrogen (secondary N) is 1. The first-order valence-corrected chi connectivity index (χ1v) is 11.4. The van der Waals surface area contributed by atoms with Gasteiger partial charge in [-0.3, -0.25) is 9.36 Å². The number of rotatable bonds is 6. The smallest absolute Gasteiger partial charge is 0.329 e. The molecule has 0 bridgehead atoms. The molecule has 4 rings (SSSR count). The summed E-state index contributed by atoms with van der Waals surface area (Å²) in [5.41, 5.74) is 1.34. The van der Waals surface area contributed by atoms with Gasteiger partial charge >= 0.3 is 5.97 Å². The normalized spacial score (nSPS) is 18.7. The van der Waals surface area contributed by atoms with Crippen molar-refractivity contribution in [2.24, 2.45) is 0 Å². The van der Waals surface area contributed by atoms with Crippen molar-refractivity contribution < 1.29 is 17.9 Å². The number of thioether (sulfide) groups is 1. The van der Waals surface area contributed by atoms with Gasteiger partial charge in [-0.2, -0.15) is 0 Å². The van der Waals surface area contributed by atoms with Crippen molar-refractivity contribution in [2.75, 3.05) is 12.9 Å². The molecular weight excluding hydrogens is 400 g/mol. The number of hydrogen-bond acceptors (Lipinski definition) is 6. The fourth-order valence-electron chi connectivity index (χ4n) is 3.46. The largest absolute Gasteiger partial charge is 0.467 e. The second kappa shape index (κ2) is 7.38. The predicted molar refractivity (Wildman–Crippen MR) is 105 cm³/mol. The number of aromatic nitrogens is 1. The van der Waals surface area contributed by atoms with E-state index in [-0.39, 0.29) is 17.0 Å². The maximum absolute atomic E-state index is 12.7. The van der Waals surface area contributed by atoms with Gasteiger partial charge in [-0.1, -0.05) is 18.2 Å². The minimum absolute atomic E-state index is 0.0373. The van der Waals surface area contributed by atoms with Crippen molar-refractivity contribution in [1.82, 2.24) is 9.29 Å². The summed E-state index contributed by atoms with van der Waals surface area (Å²) >= 11 is 1.46. The van der Waals surface area contributed by atoms with Crippen molar-refractivity contribution in [3.63, 3.8) is 0 Å². The van der Waals surface area contributed by atoms with Crippen molar-refractivity contribution >= 4 is 27.8 Å². The van der Waals surface area contributed by atoms with Crippen LogP contribution in [0.15, 0.2) is 51.1 Å². The van der Waals surface area contributed by atoms with Crippen LogP contribution in [0.1, 0.15) is 35.9 Å². The zero-order valence-corrected chi connectivity index (χ0v) is 16.9. The highest BCUT2D eigenvalue weighted by molar-refractivity contribution is 7.99. The lowest BCUT2D eigenvalue weighted by Gasteiger charge is -2.17. The number of ether oxygens (including phenoxy) is 1. The van der Waals surface area contributed by atoms with Gasteiger partial charge in [0.2, 0.25) is 10.0 Å². The van der Waals surface area contributed by atoms with Gasteiger partial charge in [0.1, 0.15) is 6.04 Å². The predicted octanol–water partition coefficient (Wildman–Crippen LogP) is 2.02. The number of sulfonamides is 1. The molecule has 1 saturated carbocycles. The van der Waals surface area contributed by atoms with Crippen LogP contribution >= 0.6 is 11.8 Å². The highest BCUT2D eigenvalue weighted by atomic mass is 32.2. The lowest BCUT2D eigenvalue weighted by molar-refractivity contribution is -0.143. The van der Waals surface area contributed by atoms with Gasteiger partial charge < -0.3 is 4.74 Å². The van der Waals surface area contributed by atoms with Crippen LogP contribution in [0.2, 0.25) is 0 Å². The van der Waals surface area contributed by atoms with Crippen molar-refractivity contribution in [3.8, 4) is 0 Å². The maximum atomic E-state index is 12.7. The Morgan fingerprint density at radius 3 is 2.64 bits per heavy atom. The number of benzene rings is 1. The molecule has 2 heterocycles. The molecule has 1 fully saturated rings. The third-order valence-corrected chi connectivity index (χ3v) is 7.57. The molecule has 2 aromatic rings. The summed E-state index contributed by atoms with van der Waals surface area (Å²) in [6.45, 7) is 0.0373. The van der Waals surface area contributed by atoms with E-state index < -0.39 is 22.0 Å². The number of hydrogen-bond donors (Lipinski definition) is 1. The first-order chi connectivity index (χ1) is 13.4. The lowest BCUT2D eigenvalue weighted by atomic mass is 10.1. The van der Waals surface area contributed by atoms with Crippen LogP contribution in [0.3, 0.4) is 0 Å². The summed E-state index contributed by atoms with van der Waals surface area (Å²) in [7, 11) is -2.37. The second-order valence-electron chi connectivity index (χ2n) is 6.86. The minimum atomic E-state index is -3.68. The first kappa shape index (κ1) is 19.2. The molecule has 1 aromatic carbocycles. The van der Waals surface area contributed by atoms with E-state index in [0.717, 1.165) is 23.4 Å². The molecular formula is C19H20N2O5S2. The molecule has 28 heavy (non-hydrogen) atoms. The number of nitrogens with zero attached hydrogens (tertiary/aromatic N) is 1. The fraction of sp³-hybridized carbons (Fsp3) is 0.368. The van der Waals surface area contributed by atoms with Gasteiger partial charge in [0.25, 0.3) is 5.56 Å². The van der Waals surface area contributed by atoms with Gasteiger partial charge in [0, 0.05) is 18.4 Å². The van der Waals surface area contributed by atoms with E-state index in [1.807, 2.05) is 0 Å². The zero-order chi connectivity index (χ0) is 19.9. The van der Waals surface area contributed by atoms with Crippen LogP contribution in [-0.4, -0.2) is 31.8 Å². The van der Waals surface area contributed by atoms with Crippen molar-refractivity contribution in [1.29, 1.82) is 0 Å². The summed E-state index contributed by atoms with van der Waals surface area (Å²) in [5, 5.41) is 0.763. The summed E-state index contributed by atoms with van der Waals surface area (Å²) in [6.07, 6.45) is 1.99. The van der Waals surface area contributed by atoms with E-state index in [0.29, 0.717) is 17.2 Å². The number of fused-ring (bicyclic) bond motifs is 1. The summed E-state index contributed by atoms with van der Waals surface area (Å²) in [5.74, 6) is 0.301. The van der Waals surface area contributed by atoms with E-state index in [9.17, 15) is 18.0 Å². The summed E-state index contributed by atoms with van der Waals surface area (Å²) in [6, 6.07) is 8.94. The van der Waals surface area contributed by atoms with Crippen LogP contribution in [-0.2, 0) is 26.1 Å². The molecule has 7 nitrogen and oxygen atoms in total. The minimum Gasteiger partial charge on any atom is -0.467 e. The van der Waals surface area contributed by atoms with Gasteiger partial charge in [0.05, 0.1) is 17.0 Å². The molecule has 0 unspecified atom stereocenters. The van der Waals surface area contributed by atoms with E-state index >= 15 is 0 Å². The summed E-state index contributed by atoms with van der Waals surface area (Å²) < 4.78 is 34.0.